The zero-order valence-electron chi connectivity index (χ0n) is 16.1. The van der Waals surface area contributed by atoms with E-state index in [-0.39, 0.29) is 17.9 Å². The summed E-state index contributed by atoms with van der Waals surface area (Å²) in [6.07, 6.45) is 8.59. The molecule has 1 amide bonds. The molecule has 1 atom stereocenters. The number of carbonyl (C=O) groups is 1. The predicted octanol–water partition coefficient (Wildman–Crippen LogP) is 1.89. The molecule has 2 heterocycles. The molecule has 1 unspecified atom stereocenters. The topological polar surface area (TPSA) is 68.7 Å². The van der Waals surface area contributed by atoms with Crippen molar-refractivity contribution in [1.82, 2.24) is 15.2 Å². The zero-order valence-corrected chi connectivity index (χ0v) is 16.1. The molecule has 0 radical (unpaired) electrons. The second-order valence-electron chi connectivity index (χ2n) is 8.09. The van der Waals surface area contributed by atoms with Crippen LogP contribution in [0.1, 0.15) is 48.9 Å². The molecule has 1 saturated carbocycles. The molecule has 0 bridgehead atoms. The lowest BCUT2D eigenvalue weighted by molar-refractivity contribution is 0.0945. The van der Waals surface area contributed by atoms with Crippen LogP contribution >= 0.6 is 0 Å². The maximum Gasteiger partial charge on any atom is 0.252 e. The highest BCUT2D eigenvalue weighted by atomic mass is 16.3. The molecular weight excluding hydrogens is 328 g/mol. The van der Waals surface area contributed by atoms with E-state index in [1.165, 1.54) is 19.3 Å². The molecule has 2 fully saturated rings. The molecule has 1 aromatic heterocycles. The summed E-state index contributed by atoms with van der Waals surface area (Å²) >= 11 is 0. The minimum absolute atomic E-state index is 0.0543. The summed E-state index contributed by atoms with van der Waals surface area (Å²) in [7, 11) is 4.16. The van der Waals surface area contributed by atoms with Gasteiger partial charge >= 0.3 is 0 Å². The van der Waals surface area contributed by atoms with E-state index in [0.717, 1.165) is 38.2 Å². The smallest absolute Gasteiger partial charge is 0.252 e. The summed E-state index contributed by atoms with van der Waals surface area (Å²) in [5.41, 5.74) is 0.654. The second-order valence-corrected chi connectivity index (χ2v) is 8.09. The van der Waals surface area contributed by atoms with Crippen LogP contribution in [0.25, 0.3) is 0 Å². The van der Waals surface area contributed by atoms with Crippen molar-refractivity contribution in [3.05, 3.63) is 23.9 Å². The lowest BCUT2D eigenvalue weighted by atomic mass is 10.0. The Morgan fingerprint density at radius 1 is 1.42 bits per heavy atom. The number of nitrogens with zero attached hydrogens (tertiary/aromatic N) is 3. The van der Waals surface area contributed by atoms with Crippen molar-refractivity contribution >= 4 is 11.7 Å². The number of aliphatic hydroxyl groups excluding tert-OH is 1. The van der Waals surface area contributed by atoms with E-state index in [1.807, 2.05) is 19.2 Å². The Labute approximate surface area is 156 Å². The number of hydrogen-bond donors (Lipinski definition) is 2. The van der Waals surface area contributed by atoms with Crippen molar-refractivity contribution in [3.63, 3.8) is 0 Å². The standard InChI is InChI=1S/C20H32N4O2/c1-23-12-4-3-5-17(23)8-11-21-19(26)16-6-7-18(22-13-16)24(2)14-20(15-25)9-10-20/h6-7,13,17,25H,3-5,8-12,14-15H2,1-2H3,(H,21,26). The van der Waals surface area contributed by atoms with E-state index < -0.39 is 0 Å². The Kier molecular flexibility index (Phi) is 6.14. The first-order chi connectivity index (χ1) is 12.5. The van der Waals surface area contributed by atoms with Gasteiger partial charge in [0.15, 0.2) is 0 Å². The minimum Gasteiger partial charge on any atom is -0.396 e. The molecule has 2 N–H and O–H groups in total. The van der Waals surface area contributed by atoms with Gasteiger partial charge in [0.1, 0.15) is 5.82 Å². The van der Waals surface area contributed by atoms with Gasteiger partial charge < -0.3 is 20.2 Å². The molecular formula is C20H32N4O2. The molecule has 0 spiro atoms. The van der Waals surface area contributed by atoms with Crippen molar-refractivity contribution in [3.8, 4) is 0 Å². The fraction of sp³-hybridized carbons (Fsp3) is 0.700. The third-order valence-corrected chi connectivity index (χ3v) is 5.95. The molecule has 6 heteroatoms. The number of hydrogen-bond acceptors (Lipinski definition) is 5. The van der Waals surface area contributed by atoms with Crippen molar-refractivity contribution < 1.29 is 9.90 Å². The lowest BCUT2D eigenvalue weighted by Gasteiger charge is -2.32. The maximum absolute atomic E-state index is 12.3. The average molecular weight is 361 g/mol. The van der Waals surface area contributed by atoms with E-state index in [4.69, 9.17) is 0 Å². The zero-order chi connectivity index (χ0) is 18.6. The van der Waals surface area contributed by atoms with Crippen LogP contribution in [0, 0.1) is 5.41 Å². The molecule has 26 heavy (non-hydrogen) atoms. The van der Waals surface area contributed by atoms with Gasteiger partial charge in [0.25, 0.3) is 5.91 Å². The van der Waals surface area contributed by atoms with Gasteiger partial charge in [-0.25, -0.2) is 4.98 Å². The Hall–Kier alpha value is -1.66. The molecule has 1 aliphatic heterocycles. The number of piperidine rings is 1. The normalized spacial score (nSPS) is 22.0. The van der Waals surface area contributed by atoms with Crippen LogP contribution in [0.4, 0.5) is 5.82 Å². The molecule has 3 rings (SSSR count). The van der Waals surface area contributed by atoms with E-state index in [2.05, 4.69) is 27.1 Å². The van der Waals surface area contributed by atoms with Gasteiger partial charge in [-0.2, -0.15) is 0 Å². The number of rotatable bonds is 8. The third kappa shape index (κ3) is 4.74. The Bertz CT molecular complexity index is 600. The Balaban J connectivity index is 1.46. The average Bonchev–Trinajstić information content (AvgIpc) is 3.43. The SMILES string of the molecule is CN(CC1(CO)CC1)c1ccc(C(=O)NCCC2CCCCN2C)cn1. The van der Waals surface area contributed by atoms with Crippen LogP contribution in [-0.2, 0) is 0 Å². The van der Waals surface area contributed by atoms with E-state index >= 15 is 0 Å². The van der Waals surface area contributed by atoms with E-state index in [0.29, 0.717) is 18.2 Å². The van der Waals surface area contributed by atoms with Gasteiger partial charge in [-0.15, -0.1) is 0 Å². The fourth-order valence-electron chi connectivity index (χ4n) is 3.84. The van der Waals surface area contributed by atoms with Gasteiger partial charge in [-0.05, 0) is 57.8 Å². The number of carbonyl (C=O) groups excluding carboxylic acids is 1. The van der Waals surface area contributed by atoms with Crippen LogP contribution in [0.3, 0.4) is 0 Å². The van der Waals surface area contributed by atoms with Crippen LogP contribution in [0.15, 0.2) is 18.3 Å². The van der Waals surface area contributed by atoms with Gasteiger partial charge in [-0.1, -0.05) is 6.42 Å². The third-order valence-electron chi connectivity index (χ3n) is 5.95. The minimum atomic E-state index is -0.0563. The highest BCUT2D eigenvalue weighted by molar-refractivity contribution is 5.94. The van der Waals surface area contributed by atoms with Crippen molar-refractivity contribution in [2.45, 2.75) is 44.6 Å². The Morgan fingerprint density at radius 3 is 2.85 bits per heavy atom. The summed E-state index contributed by atoms with van der Waals surface area (Å²) in [6.45, 7) is 2.90. The molecule has 6 nitrogen and oxygen atoms in total. The first-order valence-electron chi connectivity index (χ1n) is 9.79. The number of aliphatic hydroxyl groups is 1. The van der Waals surface area contributed by atoms with Crippen LogP contribution < -0.4 is 10.2 Å². The monoisotopic (exact) mass is 360 g/mol. The summed E-state index contributed by atoms with van der Waals surface area (Å²) < 4.78 is 0. The molecule has 1 aliphatic carbocycles. The number of likely N-dealkylation sites (tertiary alicyclic amines) is 1. The summed E-state index contributed by atoms with van der Waals surface area (Å²) in [5, 5.41) is 12.5. The molecule has 0 aromatic carbocycles. The lowest BCUT2D eigenvalue weighted by Crippen LogP contribution is -2.39. The maximum atomic E-state index is 12.3. The number of anilines is 1. The van der Waals surface area contributed by atoms with Gasteiger partial charge in [0.2, 0.25) is 0 Å². The van der Waals surface area contributed by atoms with Crippen LogP contribution in [0.5, 0.6) is 0 Å². The van der Waals surface area contributed by atoms with Crippen molar-refractivity contribution in [2.24, 2.45) is 5.41 Å². The van der Waals surface area contributed by atoms with Gasteiger partial charge in [0.05, 0.1) is 12.2 Å². The summed E-state index contributed by atoms with van der Waals surface area (Å²) in [4.78, 5) is 21.2. The van der Waals surface area contributed by atoms with Crippen LogP contribution in [0.2, 0.25) is 0 Å². The summed E-state index contributed by atoms with van der Waals surface area (Å²) in [6, 6.07) is 4.30. The van der Waals surface area contributed by atoms with Crippen molar-refractivity contribution in [2.75, 3.05) is 45.2 Å². The fourth-order valence-corrected chi connectivity index (χ4v) is 3.84. The largest absolute Gasteiger partial charge is 0.396 e. The van der Waals surface area contributed by atoms with Gasteiger partial charge in [-0.3, -0.25) is 4.79 Å². The molecule has 2 aliphatic rings. The van der Waals surface area contributed by atoms with Crippen LogP contribution in [-0.4, -0.2) is 67.3 Å². The van der Waals surface area contributed by atoms with Crippen molar-refractivity contribution in [1.29, 1.82) is 0 Å². The first kappa shape index (κ1) is 19.1. The first-order valence-corrected chi connectivity index (χ1v) is 9.79. The highest BCUT2D eigenvalue weighted by Gasteiger charge is 2.43. The highest BCUT2D eigenvalue weighted by Crippen LogP contribution is 2.45. The number of pyridine rings is 1. The van der Waals surface area contributed by atoms with Gasteiger partial charge in [0, 0.05) is 37.8 Å². The second kappa shape index (κ2) is 8.35. The van der Waals surface area contributed by atoms with E-state index in [1.54, 1.807) is 6.20 Å². The predicted molar refractivity (Wildman–Crippen MR) is 103 cm³/mol. The molecule has 1 saturated heterocycles. The Morgan fingerprint density at radius 2 is 2.23 bits per heavy atom. The molecule has 144 valence electrons. The quantitative estimate of drug-likeness (QED) is 0.741. The van der Waals surface area contributed by atoms with E-state index in [9.17, 15) is 9.90 Å². The molecule has 1 aromatic rings. The number of amides is 1. The number of nitrogens with one attached hydrogen (secondary N) is 1. The summed E-state index contributed by atoms with van der Waals surface area (Å²) in [5.74, 6) is 0.782. The number of aromatic nitrogens is 1.